The highest BCUT2D eigenvalue weighted by molar-refractivity contribution is 6.31. The van der Waals surface area contributed by atoms with Gasteiger partial charge in [-0.05, 0) is 51.1 Å². The van der Waals surface area contributed by atoms with Crippen LogP contribution in [0.25, 0.3) is 10.9 Å². The normalized spacial score (nSPS) is 20.0. The molecule has 2 heterocycles. The number of aromatic nitrogens is 2. The fourth-order valence-corrected chi connectivity index (χ4v) is 3.25. The highest BCUT2D eigenvalue weighted by Gasteiger charge is 2.18. The number of hydrogen-bond acceptors (Lipinski definition) is 3. The molecule has 2 aromatic rings. The van der Waals surface area contributed by atoms with E-state index >= 15 is 0 Å². The van der Waals surface area contributed by atoms with Crippen molar-refractivity contribution >= 4 is 22.5 Å². The first-order valence-electron chi connectivity index (χ1n) is 7.50. The van der Waals surface area contributed by atoms with Gasteiger partial charge in [0.1, 0.15) is 0 Å². The summed E-state index contributed by atoms with van der Waals surface area (Å²) in [7, 11) is 2.17. The van der Waals surface area contributed by atoms with Crippen LogP contribution in [0, 0.1) is 0 Å². The molecule has 4 nitrogen and oxygen atoms in total. The van der Waals surface area contributed by atoms with Crippen LogP contribution in [0.15, 0.2) is 29.3 Å². The maximum absolute atomic E-state index is 12.5. The lowest BCUT2D eigenvalue weighted by Gasteiger charge is -2.32. The van der Waals surface area contributed by atoms with E-state index in [1.54, 1.807) is 29.1 Å². The minimum Gasteiger partial charge on any atom is -0.303 e. The Balaban J connectivity index is 1.79. The standard InChI is InChI=1S/C16H20ClN3O/c1-19-8-3-2-4-13(19)7-9-20-11-18-15-10-12(17)5-6-14(15)16(20)21/h5-6,10-11,13H,2-4,7-9H2,1H3. The third kappa shape index (κ3) is 3.11. The molecule has 3 rings (SSSR count). The molecule has 21 heavy (non-hydrogen) atoms. The Labute approximate surface area is 129 Å². The zero-order chi connectivity index (χ0) is 14.8. The Bertz CT molecular complexity index is 697. The maximum Gasteiger partial charge on any atom is 0.261 e. The van der Waals surface area contributed by atoms with Gasteiger partial charge in [-0.25, -0.2) is 4.98 Å². The molecule has 0 amide bonds. The molecule has 0 aliphatic carbocycles. The van der Waals surface area contributed by atoms with E-state index in [2.05, 4.69) is 16.9 Å². The summed E-state index contributed by atoms with van der Waals surface area (Å²) in [5, 5.41) is 1.25. The number of rotatable bonds is 3. The highest BCUT2D eigenvalue weighted by Crippen LogP contribution is 2.18. The Kier molecular flexibility index (Phi) is 4.27. The highest BCUT2D eigenvalue weighted by atomic mass is 35.5. The number of fused-ring (bicyclic) bond motifs is 1. The molecule has 1 aliphatic heterocycles. The van der Waals surface area contributed by atoms with Crippen molar-refractivity contribution in [3.8, 4) is 0 Å². The number of aryl methyl sites for hydroxylation is 1. The first-order chi connectivity index (χ1) is 10.1. The fraction of sp³-hybridized carbons (Fsp3) is 0.500. The number of nitrogens with zero attached hydrogens (tertiary/aromatic N) is 3. The topological polar surface area (TPSA) is 38.1 Å². The second kappa shape index (κ2) is 6.16. The molecule has 112 valence electrons. The molecule has 1 saturated heterocycles. The summed E-state index contributed by atoms with van der Waals surface area (Å²) in [5.74, 6) is 0. The molecule has 1 atom stereocenters. The van der Waals surface area contributed by atoms with E-state index in [0.29, 0.717) is 22.0 Å². The summed E-state index contributed by atoms with van der Waals surface area (Å²) in [6, 6.07) is 5.81. The monoisotopic (exact) mass is 305 g/mol. The van der Waals surface area contributed by atoms with E-state index in [4.69, 9.17) is 11.6 Å². The molecule has 1 fully saturated rings. The predicted octanol–water partition coefficient (Wildman–Crippen LogP) is 2.92. The molecule has 0 saturated carbocycles. The largest absolute Gasteiger partial charge is 0.303 e. The molecule has 1 aromatic carbocycles. The van der Waals surface area contributed by atoms with Crippen LogP contribution < -0.4 is 5.56 Å². The molecule has 5 heteroatoms. The van der Waals surface area contributed by atoms with Gasteiger partial charge in [-0.2, -0.15) is 0 Å². The maximum atomic E-state index is 12.5. The summed E-state index contributed by atoms with van der Waals surface area (Å²) < 4.78 is 1.72. The van der Waals surface area contributed by atoms with Gasteiger partial charge in [-0.15, -0.1) is 0 Å². The van der Waals surface area contributed by atoms with Crippen molar-refractivity contribution in [2.45, 2.75) is 38.3 Å². The third-order valence-electron chi connectivity index (χ3n) is 4.41. The van der Waals surface area contributed by atoms with Gasteiger partial charge in [-0.3, -0.25) is 9.36 Å². The summed E-state index contributed by atoms with van der Waals surface area (Å²) >= 11 is 5.94. The lowest BCUT2D eigenvalue weighted by molar-refractivity contribution is 0.170. The average Bonchev–Trinajstić information content (AvgIpc) is 2.48. The lowest BCUT2D eigenvalue weighted by atomic mass is 10.0. The van der Waals surface area contributed by atoms with Crippen LogP contribution in [0.1, 0.15) is 25.7 Å². The van der Waals surface area contributed by atoms with Crippen molar-refractivity contribution in [3.63, 3.8) is 0 Å². The zero-order valence-electron chi connectivity index (χ0n) is 12.3. The zero-order valence-corrected chi connectivity index (χ0v) is 13.0. The average molecular weight is 306 g/mol. The van der Waals surface area contributed by atoms with Gasteiger partial charge in [0.15, 0.2) is 0 Å². The molecule has 0 N–H and O–H groups in total. The Morgan fingerprint density at radius 3 is 3.05 bits per heavy atom. The van der Waals surface area contributed by atoms with Gasteiger partial charge in [0.2, 0.25) is 0 Å². The fourth-order valence-electron chi connectivity index (χ4n) is 3.09. The SMILES string of the molecule is CN1CCCCC1CCn1cnc2cc(Cl)ccc2c1=O. The molecule has 1 aromatic heterocycles. The predicted molar refractivity (Wildman–Crippen MR) is 85.9 cm³/mol. The summed E-state index contributed by atoms with van der Waals surface area (Å²) in [5.41, 5.74) is 0.689. The molecule has 1 aliphatic rings. The van der Waals surface area contributed by atoms with Crippen LogP contribution in [0.4, 0.5) is 0 Å². The number of likely N-dealkylation sites (tertiary alicyclic amines) is 1. The van der Waals surface area contributed by atoms with E-state index in [1.807, 2.05) is 0 Å². The van der Waals surface area contributed by atoms with Gasteiger partial charge in [0.05, 0.1) is 17.2 Å². The van der Waals surface area contributed by atoms with E-state index in [0.717, 1.165) is 19.5 Å². The van der Waals surface area contributed by atoms with E-state index in [-0.39, 0.29) is 5.56 Å². The summed E-state index contributed by atoms with van der Waals surface area (Å²) in [6.45, 7) is 1.88. The van der Waals surface area contributed by atoms with Crippen molar-refractivity contribution in [1.82, 2.24) is 14.5 Å². The Morgan fingerprint density at radius 2 is 2.24 bits per heavy atom. The van der Waals surface area contributed by atoms with Crippen LogP contribution in [-0.2, 0) is 6.54 Å². The smallest absolute Gasteiger partial charge is 0.261 e. The van der Waals surface area contributed by atoms with Crippen molar-refractivity contribution in [3.05, 3.63) is 39.9 Å². The Hall–Kier alpha value is -1.39. The number of halogens is 1. The van der Waals surface area contributed by atoms with Crippen LogP contribution in [0.3, 0.4) is 0 Å². The number of hydrogen-bond donors (Lipinski definition) is 0. The van der Waals surface area contributed by atoms with Gasteiger partial charge < -0.3 is 4.90 Å². The molecular weight excluding hydrogens is 286 g/mol. The van der Waals surface area contributed by atoms with Crippen molar-refractivity contribution < 1.29 is 0 Å². The van der Waals surface area contributed by atoms with Gasteiger partial charge in [-0.1, -0.05) is 18.0 Å². The van der Waals surface area contributed by atoms with E-state index < -0.39 is 0 Å². The van der Waals surface area contributed by atoms with Gasteiger partial charge in [0, 0.05) is 17.6 Å². The summed E-state index contributed by atoms with van der Waals surface area (Å²) in [6.07, 6.45) is 6.44. The molecule has 0 bridgehead atoms. The van der Waals surface area contributed by atoms with Gasteiger partial charge >= 0.3 is 0 Å². The molecule has 1 unspecified atom stereocenters. The molecule has 0 spiro atoms. The first kappa shape index (κ1) is 14.5. The second-order valence-corrected chi connectivity index (χ2v) is 6.26. The minimum atomic E-state index is 0.0233. The lowest BCUT2D eigenvalue weighted by Crippen LogP contribution is -2.37. The van der Waals surface area contributed by atoms with Crippen molar-refractivity contribution in [1.29, 1.82) is 0 Å². The second-order valence-electron chi connectivity index (χ2n) is 5.82. The first-order valence-corrected chi connectivity index (χ1v) is 7.88. The van der Waals surface area contributed by atoms with E-state index in [1.165, 1.54) is 19.3 Å². The molecular formula is C16H20ClN3O. The molecule has 0 radical (unpaired) electrons. The van der Waals surface area contributed by atoms with Crippen LogP contribution in [-0.4, -0.2) is 34.1 Å². The number of benzene rings is 1. The van der Waals surface area contributed by atoms with Gasteiger partial charge in [0.25, 0.3) is 5.56 Å². The number of piperidine rings is 1. The third-order valence-corrected chi connectivity index (χ3v) is 4.65. The quantitative estimate of drug-likeness (QED) is 0.875. The summed E-state index contributed by atoms with van der Waals surface area (Å²) in [4.78, 5) is 19.2. The van der Waals surface area contributed by atoms with Crippen molar-refractivity contribution in [2.24, 2.45) is 0 Å². The van der Waals surface area contributed by atoms with Crippen LogP contribution >= 0.6 is 11.6 Å². The van der Waals surface area contributed by atoms with E-state index in [9.17, 15) is 4.79 Å². The van der Waals surface area contributed by atoms with Crippen LogP contribution in [0.2, 0.25) is 5.02 Å². The van der Waals surface area contributed by atoms with Crippen LogP contribution in [0.5, 0.6) is 0 Å². The van der Waals surface area contributed by atoms with Crippen molar-refractivity contribution in [2.75, 3.05) is 13.6 Å². The minimum absolute atomic E-state index is 0.0233. The Morgan fingerprint density at radius 1 is 1.38 bits per heavy atom.